The molecule has 0 radical (unpaired) electrons. The van der Waals surface area contributed by atoms with Crippen LogP contribution < -0.4 is 0 Å². The summed E-state index contributed by atoms with van der Waals surface area (Å²) in [5.41, 5.74) is 2.27. The highest BCUT2D eigenvalue weighted by Crippen LogP contribution is 2.17. The molecule has 3 heteroatoms. The minimum absolute atomic E-state index is 0.191. The number of likely N-dealkylation sites (N-methyl/N-ethyl adjacent to an activating group) is 1. The Kier molecular flexibility index (Phi) is 4.39. The van der Waals surface area contributed by atoms with Crippen molar-refractivity contribution in [1.29, 1.82) is 0 Å². The Morgan fingerprint density at radius 3 is 2.71 bits per heavy atom. The summed E-state index contributed by atoms with van der Waals surface area (Å²) in [7, 11) is 1.98. The fraction of sp³-hybridized carbons (Fsp3) is 0.455. The summed E-state index contributed by atoms with van der Waals surface area (Å²) < 4.78 is 0. The summed E-state index contributed by atoms with van der Waals surface area (Å²) in [6.45, 7) is 3.69. The molecule has 0 aliphatic heterocycles. The second-order valence-corrected chi connectivity index (χ2v) is 3.95. The van der Waals surface area contributed by atoms with Crippen LogP contribution >= 0.6 is 11.6 Å². The molecule has 0 heterocycles. The van der Waals surface area contributed by atoms with Gasteiger partial charge in [0.25, 0.3) is 0 Å². The van der Waals surface area contributed by atoms with Gasteiger partial charge < -0.3 is 5.11 Å². The van der Waals surface area contributed by atoms with Crippen LogP contribution in [0.25, 0.3) is 0 Å². The summed E-state index contributed by atoms with van der Waals surface area (Å²) in [4.78, 5) is 2.06. The third-order valence-corrected chi connectivity index (χ3v) is 2.58. The molecule has 2 nitrogen and oxygen atoms in total. The summed E-state index contributed by atoms with van der Waals surface area (Å²) in [6.07, 6.45) is 0. The second kappa shape index (κ2) is 5.35. The maximum Gasteiger partial charge on any atom is 0.0558 e. The van der Waals surface area contributed by atoms with E-state index in [1.54, 1.807) is 0 Å². The predicted molar refractivity (Wildman–Crippen MR) is 59.6 cm³/mol. The minimum atomic E-state index is 0.191. The molecule has 0 spiro atoms. The second-order valence-electron chi connectivity index (χ2n) is 3.54. The monoisotopic (exact) mass is 213 g/mol. The topological polar surface area (TPSA) is 23.5 Å². The van der Waals surface area contributed by atoms with Crippen molar-refractivity contribution >= 4 is 11.6 Å². The molecular formula is C11H16ClNO. The Morgan fingerprint density at radius 2 is 2.14 bits per heavy atom. The zero-order chi connectivity index (χ0) is 10.6. The van der Waals surface area contributed by atoms with Crippen molar-refractivity contribution in [2.24, 2.45) is 0 Å². The Morgan fingerprint density at radius 1 is 1.43 bits per heavy atom. The Bertz CT molecular complexity index is 301. The first kappa shape index (κ1) is 11.5. The molecule has 0 saturated heterocycles. The fourth-order valence-corrected chi connectivity index (χ4v) is 1.50. The van der Waals surface area contributed by atoms with Crippen molar-refractivity contribution < 1.29 is 5.11 Å². The number of hydrogen-bond acceptors (Lipinski definition) is 2. The predicted octanol–water partition coefficient (Wildman–Crippen LogP) is 2.07. The highest BCUT2D eigenvalue weighted by molar-refractivity contribution is 6.31. The molecule has 1 N–H and O–H groups in total. The average Bonchev–Trinajstić information content (AvgIpc) is 2.12. The molecule has 0 fully saturated rings. The van der Waals surface area contributed by atoms with Crippen molar-refractivity contribution in [3.63, 3.8) is 0 Å². The minimum Gasteiger partial charge on any atom is -0.395 e. The number of halogens is 1. The third kappa shape index (κ3) is 3.29. The molecule has 1 rings (SSSR count). The van der Waals surface area contributed by atoms with Gasteiger partial charge in [0, 0.05) is 18.1 Å². The molecule has 0 aromatic heterocycles. The maximum absolute atomic E-state index is 8.75. The third-order valence-electron chi connectivity index (χ3n) is 2.17. The van der Waals surface area contributed by atoms with E-state index in [-0.39, 0.29) is 6.61 Å². The first-order chi connectivity index (χ1) is 6.63. The molecule has 1 aromatic rings. The average molecular weight is 214 g/mol. The summed E-state index contributed by atoms with van der Waals surface area (Å²) in [5, 5.41) is 9.55. The molecule has 14 heavy (non-hydrogen) atoms. The van der Waals surface area contributed by atoms with Crippen LogP contribution in [0.3, 0.4) is 0 Å². The Labute approximate surface area is 90.1 Å². The number of rotatable bonds is 4. The lowest BCUT2D eigenvalue weighted by Crippen LogP contribution is -2.21. The van der Waals surface area contributed by atoms with Gasteiger partial charge >= 0.3 is 0 Å². The van der Waals surface area contributed by atoms with Gasteiger partial charge in [-0.15, -0.1) is 0 Å². The quantitative estimate of drug-likeness (QED) is 0.828. The number of aliphatic hydroxyl groups is 1. The normalized spacial score (nSPS) is 10.9. The van der Waals surface area contributed by atoms with Crippen molar-refractivity contribution in [2.45, 2.75) is 13.5 Å². The van der Waals surface area contributed by atoms with Crippen molar-refractivity contribution in [3.05, 3.63) is 34.3 Å². The summed E-state index contributed by atoms with van der Waals surface area (Å²) >= 11 is 6.01. The van der Waals surface area contributed by atoms with Crippen LogP contribution in [0.5, 0.6) is 0 Å². The number of hydrogen-bond donors (Lipinski definition) is 1. The van der Waals surface area contributed by atoms with E-state index in [0.717, 1.165) is 17.1 Å². The number of aliphatic hydroxyl groups excluding tert-OH is 1. The first-order valence-corrected chi connectivity index (χ1v) is 5.05. The van der Waals surface area contributed by atoms with Crippen molar-refractivity contribution in [2.75, 3.05) is 20.2 Å². The molecule has 1 aromatic carbocycles. The van der Waals surface area contributed by atoms with Crippen LogP contribution in [0.1, 0.15) is 11.1 Å². The molecule has 0 aliphatic carbocycles. The van der Waals surface area contributed by atoms with Gasteiger partial charge in [0.1, 0.15) is 0 Å². The van der Waals surface area contributed by atoms with E-state index in [4.69, 9.17) is 16.7 Å². The van der Waals surface area contributed by atoms with Gasteiger partial charge in [0.2, 0.25) is 0 Å². The molecule has 0 unspecified atom stereocenters. The number of aryl methyl sites for hydroxylation is 1. The van der Waals surface area contributed by atoms with Gasteiger partial charge in [-0.1, -0.05) is 23.7 Å². The highest BCUT2D eigenvalue weighted by atomic mass is 35.5. The van der Waals surface area contributed by atoms with Gasteiger partial charge in [-0.25, -0.2) is 0 Å². The maximum atomic E-state index is 8.75. The van der Waals surface area contributed by atoms with E-state index >= 15 is 0 Å². The van der Waals surface area contributed by atoms with Gasteiger partial charge in [0.05, 0.1) is 6.61 Å². The van der Waals surface area contributed by atoms with E-state index in [1.165, 1.54) is 5.56 Å². The Hall–Kier alpha value is -0.570. The van der Waals surface area contributed by atoms with E-state index in [0.29, 0.717) is 6.54 Å². The fourth-order valence-electron chi connectivity index (χ4n) is 1.30. The lowest BCUT2D eigenvalue weighted by Gasteiger charge is -2.15. The van der Waals surface area contributed by atoms with Crippen LogP contribution in [-0.2, 0) is 6.54 Å². The molecule has 0 amide bonds. The first-order valence-electron chi connectivity index (χ1n) is 4.68. The van der Waals surface area contributed by atoms with Crippen molar-refractivity contribution in [1.82, 2.24) is 4.90 Å². The number of nitrogens with zero attached hydrogens (tertiary/aromatic N) is 1. The SMILES string of the molecule is Cc1ccc(CN(C)CCO)cc1Cl. The van der Waals surface area contributed by atoms with E-state index in [9.17, 15) is 0 Å². The van der Waals surface area contributed by atoms with Gasteiger partial charge in [-0.3, -0.25) is 4.90 Å². The molecule has 0 aliphatic rings. The van der Waals surface area contributed by atoms with Crippen LogP contribution in [0, 0.1) is 6.92 Å². The van der Waals surface area contributed by atoms with Gasteiger partial charge in [0.15, 0.2) is 0 Å². The molecule has 0 bridgehead atoms. The Balaban J connectivity index is 2.63. The molecule has 78 valence electrons. The summed E-state index contributed by atoms with van der Waals surface area (Å²) in [6, 6.07) is 6.06. The van der Waals surface area contributed by atoms with E-state index < -0.39 is 0 Å². The van der Waals surface area contributed by atoms with E-state index in [1.807, 2.05) is 26.1 Å². The van der Waals surface area contributed by atoms with Gasteiger partial charge in [-0.2, -0.15) is 0 Å². The van der Waals surface area contributed by atoms with E-state index in [2.05, 4.69) is 11.0 Å². The number of benzene rings is 1. The highest BCUT2D eigenvalue weighted by Gasteiger charge is 2.01. The zero-order valence-corrected chi connectivity index (χ0v) is 9.38. The summed E-state index contributed by atoms with van der Waals surface area (Å²) in [5.74, 6) is 0. The van der Waals surface area contributed by atoms with Crippen LogP contribution in [0.2, 0.25) is 5.02 Å². The van der Waals surface area contributed by atoms with Crippen LogP contribution in [0.4, 0.5) is 0 Å². The largest absolute Gasteiger partial charge is 0.395 e. The molecule has 0 saturated carbocycles. The van der Waals surface area contributed by atoms with Gasteiger partial charge in [-0.05, 0) is 31.2 Å². The molecule has 0 atom stereocenters. The lowest BCUT2D eigenvalue weighted by atomic mass is 10.1. The van der Waals surface area contributed by atoms with Crippen molar-refractivity contribution in [3.8, 4) is 0 Å². The lowest BCUT2D eigenvalue weighted by molar-refractivity contribution is 0.217. The van der Waals surface area contributed by atoms with Crippen LogP contribution in [-0.4, -0.2) is 30.2 Å². The smallest absolute Gasteiger partial charge is 0.0558 e. The standard InChI is InChI=1S/C11H16ClNO/c1-9-3-4-10(7-11(9)12)8-13(2)5-6-14/h3-4,7,14H,5-6,8H2,1-2H3. The van der Waals surface area contributed by atoms with Crippen LogP contribution in [0.15, 0.2) is 18.2 Å². The molecular weight excluding hydrogens is 198 g/mol. The zero-order valence-electron chi connectivity index (χ0n) is 8.63.